The summed E-state index contributed by atoms with van der Waals surface area (Å²) in [6, 6.07) is 13.5. The van der Waals surface area contributed by atoms with Gasteiger partial charge in [0.05, 0.1) is 13.2 Å². The van der Waals surface area contributed by atoms with Crippen LogP contribution in [0.5, 0.6) is 0 Å². The van der Waals surface area contributed by atoms with Crippen LogP contribution in [-0.2, 0) is 14.3 Å². The molecule has 3 rings (SSSR count). The topological polar surface area (TPSA) is 97.8 Å². The van der Waals surface area contributed by atoms with E-state index in [0.29, 0.717) is 30.9 Å². The standard InChI is InChI=1S/C22H26N2O5/c25-20(26)15-28-13-16-8-10-17(11-9-16)14-29-22(27)24-21-19(7-4-12-23-21)18-5-2-1-3-6-18/h1-7,12,16-17H,8-11,13-15H2,(H,25,26)(H,23,24,27). The Hall–Kier alpha value is -2.93. The first kappa shape index (κ1) is 20.8. The summed E-state index contributed by atoms with van der Waals surface area (Å²) in [6.07, 6.45) is 4.91. The Kier molecular flexibility index (Phi) is 7.58. The molecule has 1 heterocycles. The van der Waals surface area contributed by atoms with E-state index in [-0.39, 0.29) is 6.61 Å². The van der Waals surface area contributed by atoms with Gasteiger partial charge in [0.15, 0.2) is 0 Å². The number of nitrogens with zero attached hydrogens (tertiary/aromatic N) is 1. The van der Waals surface area contributed by atoms with Crippen LogP contribution < -0.4 is 5.32 Å². The maximum absolute atomic E-state index is 12.3. The normalized spacial score (nSPS) is 18.8. The average Bonchev–Trinajstić information content (AvgIpc) is 2.74. The molecule has 29 heavy (non-hydrogen) atoms. The van der Waals surface area contributed by atoms with Gasteiger partial charge >= 0.3 is 12.1 Å². The molecule has 1 aliphatic rings. The van der Waals surface area contributed by atoms with Crippen molar-refractivity contribution in [1.82, 2.24) is 4.98 Å². The van der Waals surface area contributed by atoms with Gasteiger partial charge in [-0.15, -0.1) is 0 Å². The molecule has 0 bridgehead atoms. The molecule has 0 radical (unpaired) electrons. The second-order valence-electron chi connectivity index (χ2n) is 7.28. The van der Waals surface area contributed by atoms with E-state index in [2.05, 4.69) is 10.3 Å². The summed E-state index contributed by atoms with van der Waals surface area (Å²) in [6.45, 7) is 0.589. The van der Waals surface area contributed by atoms with Crippen LogP contribution in [0.3, 0.4) is 0 Å². The number of hydrogen-bond acceptors (Lipinski definition) is 5. The molecule has 7 heteroatoms. The molecule has 7 nitrogen and oxygen atoms in total. The average molecular weight is 398 g/mol. The van der Waals surface area contributed by atoms with E-state index < -0.39 is 12.1 Å². The number of carbonyl (C=O) groups excluding carboxylic acids is 1. The predicted molar refractivity (Wildman–Crippen MR) is 109 cm³/mol. The maximum Gasteiger partial charge on any atom is 0.412 e. The van der Waals surface area contributed by atoms with Crippen LogP contribution in [0, 0.1) is 11.8 Å². The van der Waals surface area contributed by atoms with Gasteiger partial charge in [0, 0.05) is 11.8 Å². The summed E-state index contributed by atoms with van der Waals surface area (Å²) < 4.78 is 10.6. The van der Waals surface area contributed by atoms with Crippen LogP contribution in [-0.4, -0.2) is 42.0 Å². The second-order valence-corrected chi connectivity index (χ2v) is 7.28. The molecule has 2 aromatic rings. The fraction of sp³-hybridized carbons (Fsp3) is 0.409. The zero-order valence-electron chi connectivity index (χ0n) is 16.3. The molecule has 1 aromatic carbocycles. The Labute approximate surface area is 170 Å². The lowest BCUT2D eigenvalue weighted by molar-refractivity contribution is -0.142. The number of anilines is 1. The Bertz CT molecular complexity index is 804. The summed E-state index contributed by atoms with van der Waals surface area (Å²) in [5.41, 5.74) is 1.81. The lowest BCUT2D eigenvalue weighted by atomic mass is 9.83. The van der Waals surface area contributed by atoms with Crippen LogP contribution in [0.4, 0.5) is 10.6 Å². The molecule has 0 atom stereocenters. The van der Waals surface area contributed by atoms with E-state index in [1.54, 1.807) is 6.20 Å². The van der Waals surface area contributed by atoms with Crippen molar-refractivity contribution in [2.75, 3.05) is 25.1 Å². The van der Waals surface area contributed by atoms with Gasteiger partial charge in [-0.05, 0) is 55.2 Å². The van der Waals surface area contributed by atoms with Crippen molar-refractivity contribution in [3.05, 3.63) is 48.7 Å². The van der Waals surface area contributed by atoms with Crippen molar-refractivity contribution < 1.29 is 24.2 Å². The minimum absolute atomic E-state index is 0.248. The first-order valence-electron chi connectivity index (χ1n) is 9.85. The van der Waals surface area contributed by atoms with E-state index >= 15 is 0 Å². The van der Waals surface area contributed by atoms with Crippen molar-refractivity contribution in [2.24, 2.45) is 11.8 Å². The minimum atomic E-state index is -0.943. The molecule has 1 aromatic heterocycles. The van der Waals surface area contributed by atoms with Gasteiger partial charge in [-0.25, -0.2) is 14.6 Å². The van der Waals surface area contributed by atoms with Gasteiger partial charge < -0.3 is 14.6 Å². The van der Waals surface area contributed by atoms with Crippen molar-refractivity contribution in [3.8, 4) is 11.1 Å². The summed E-state index contributed by atoms with van der Waals surface area (Å²) in [5.74, 6) is 0.222. The fourth-order valence-electron chi connectivity index (χ4n) is 3.56. The second kappa shape index (κ2) is 10.6. The third-order valence-electron chi connectivity index (χ3n) is 5.11. The largest absolute Gasteiger partial charge is 0.480 e. The van der Waals surface area contributed by atoms with E-state index in [1.165, 1.54) is 0 Å². The Morgan fingerprint density at radius 2 is 1.69 bits per heavy atom. The molecule has 154 valence electrons. The zero-order valence-corrected chi connectivity index (χ0v) is 16.3. The highest BCUT2D eigenvalue weighted by Gasteiger charge is 2.23. The highest BCUT2D eigenvalue weighted by Crippen LogP contribution is 2.29. The van der Waals surface area contributed by atoms with Gasteiger partial charge in [-0.1, -0.05) is 30.3 Å². The summed E-state index contributed by atoms with van der Waals surface area (Å²) in [7, 11) is 0. The molecule has 1 amide bonds. The molecule has 0 unspecified atom stereocenters. The highest BCUT2D eigenvalue weighted by molar-refractivity contribution is 5.89. The minimum Gasteiger partial charge on any atom is -0.480 e. The van der Waals surface area contributed by atoms with Crippen LogP contribution in [0.2, 0.25) is 0 Å². The molecule has 1 fully saturated rings. The summed E-state index contributed by atoms with van der Waals surface area (Å²) in [4.78, 5) is 27.0. The number of benzene rings is 1. The first-order chi connectivity index (χ1) is 14.1. The van der Waals surface area contributed by atoms with Crippen LogP contribution in [0.1, 0.15) is 25.7 Å². The third kappa shape index (κ3) is 6.57. The molecule has 1 saturated carbocycles. The SMILES string of the molecule is O=C(O)COCC1CCC(COC(=O)Nc2ncccc2-c2ccccc2)CC1. The highest BCUT2D eigenvalue weighted by atomic mass is 16.5. The number of carboxylic acids is 1. The molecular formula is C22H26N2O5. The van der Waals surface area contributed by atoms with Gasteiger partial charge in [-0.2, -0.15) is 0 Å². The van der Waals surface area contributed by atoms with Crippen LogP contribution >= 0.6 is 0 Å². The van der Waals surface area contributed by atoms with Crippen molar-refractivity contribution in [1.29, 1.82) is 0 Å². The Morgan fingerprint density at radius 3 is 2.38 bits per heavy atom. The Balaban J connectivity index is 1.43. The summed E-state index contributed by atoms with van der Waals surface area (Å²) >= 11 is 0. The fourth-order valence-corrected chi connectivity index (χ4v) is 3.56. The Morgan fingerprint density at radius 1 is 1.00 bits per heavy atom. The molecule has 1 aliphatic carbocycles. The van der Waals surface area contributed by atoms with E-state index in [9.17, 15) is 9.59 Å². The van der Waals surface area contributed by atoms with Gasteiger partial charge in [0.25, 0.3) is 0 Å². The number of nitrogens with one attached hydrogen (secondary N) is 1. The number of rotatable bonds is 8. The maximum atomic E-state index is 12.3. The van der Waals surface area contributed by atoms with E-state index in [4.69, 9.17) is 14.6 Å². The van der Waals surface area contributed by atoms with Gasteiger partial charge in [0.2, 0.25) is 0 Å². The number of ether oxygens (including phenoxy) is 2. The summed E-state index contributed by atoms with van der Waals surface area (Å²) in [5, 5.41) is 11.4. The van der Waals surface area contributed by atoms with Crippen molar-refractivity contribution >= 4 is 17.9 Å². The number of aliphatic carboxylic acids is 1. The lowest BCUT2D eigenvalue weighted by Crippen LogP contribution is -2.25. The zero-order chi connectivity index (χ0) is 20.5. The third-order valence-corrected chi connectivity index (χ3v) is 5.11. The number of carboxylic acid groups (broad SMARTS) is 1. The molecule has 0 saturated heterocycles. The monoisotopic (exact) mass is 398 g/mol. The predicted octanol–water partition coefficient (Wildman–Crippen LogP) is 4.20. The molecule has 0 spiro atoms. The van der Waals surface area contributed by atoms with Crippen molar-refractivity contribution in [2.45, 2.75) is 25.7 Å². The smallest absolute Gasteiger partial charge is 0.412 e. The first-order valence-corrected chi connectivity index (χ1v) is 9.85. The van der Waals surface area contributed by atoms with Crippen LogP contribution in [0.15, 0.2) is 48.7 Å². The number of aromatic nitrogens is 1. The van der Waals surface area contributed by atoms with E-state index in [0.717, 1.165) is 36.8 Å². The number of carbonyl (C=O) groups is 2. The van der Waals surface area contributed by atoms with E-state index in [1.807, 2.05) is 42.5 Å². The number of hydrogen-bond donors (Lipinski definition) is 2. The van der Waals surface area contributed by atoms with Gasteiger partial charge in [0.1, 0.15) is 12.4 Å². The number of pyridine rings is 1. The van der Waals surface area contributed by atoms with Crippen molar-refractivity contribution in [3.63, 3.8) is 0 Å². The number of amides is 1. The van der Waals surface area contributed by atoms with Gasteiger partial charge in [-0.3, -0.25) is 5.32 Å². The molecular weight excluding hydrogens is 372 g/mol. The van der Waals surface area contributed by atoms with Crippen LogP contribution in [0.25, 0.3) is 11.1 Å². The quantitative estimate of drug-likeness (QED) is 0.691. The molecule has 2 N–H and O–H groups in total. The molecule has 0 aliphatic heterocycles. The lowest BCUT2D eigenvalue weighted by Gasteiger charge is -2.27.